The average Bonchev–Trinajstić information content (AvgIpc) is 2.88. The number of nitro benzene ring substituents is 1. The van der Waals surface area contributed by atoms with Crippen LogP contribution in [0.4, 0.5) is 11.4 Å². The number of benzene rings is 3. The molecule has 0 unspecified atom stereocenters. The Kier molecular flexibility index (Phi) is 8.44. The standard InChI is InChI=1S/C25H21N3O8S/c1-3-35-24-14-17(13-18(16-26)25(29)27-19-5-4-6-21(15-19)34-2)7-12-23(24)36-37(32,33)22-10-8-20(9-11-22)28(30)31/h4-15H,3H2,1-2H3,(H,27,29)/b18-13+. The van der Waals surface area contributed by atoms with Gasteiger partial charge in [-0.3, -0.25) is 14.9 Å². The monoisotopic (exact) mass is 523 g/mol. The molecular weight excluding hydrogens is 502 g/mol. The number of nitrogens with zero attached hydrogens (tertiary/aromatic N) is 2. The van der Waals surface area contributed by atoms with Crippen molar-refractivity contribution in [3.8, 4) is 23.3 Å². The lowest BCUT2D eigenvalue weighted by atomic mass is 10.1. The molecule has 3 aromatic rings. The molecule has 0 aliphatic carbocycles. The van der Waals surface area contributed by atoms with Gasteiger partial charge in [0, 0.05) is 23.9 Å². The molecule has 0 fully saturated rings. The molecule has 11 nitrogen and oxygen atoms in total. The minimum Gasteiger partial charge on any atom is -0.497 e. The molecule has 1 amide bonds. The van der Waals surface area contributed by atoms with Crippen LogP contribution in [0, 0.1) is 21.4 Å². The maximum Gasteiger partial charge on any atom is 0.339 e. The number of non-ortho nitro benzene ring substituents is 1. The summed E-state index contributed by atoms with van der Waals surface area (Å²) in [5.74, 6) is -0.223. The number of hydrogen-bond acceptors (Lipinski definition) is 9. The van der Waals surface area contributed by atoms with Crippen molar-refractivity contribution in [2.24, 2.45) is 0 Å². The second-order valence-electron chi connectivity index (χ2n) is 7.28. The van der Waals surface area contributed by atoms with Crippen molar-refractivity contribution in [3.63, 3.8) is 0 Å². The van der Waals surface area contributed by atoms with Gasteiger partial charge in [-0.15, -0.1) is 0 Å². The van der Waals surface area contributed by atoms with E-state index < -0.39 is 20.9 Å². The molecule has 37 heavy (non-hydrogen) atoms. The Hall–Kier alpha value is -4.89. The van der Waals surface area contributed by atoms with Crippen molar-refractivity contribution in [1.29, 1.82) is 5.26 Å². The number of ether oxygens (including phenoxy) is 2. The second kappa shape index (κ2) is 11.7. The van der Waals surface area contributed by atoms with E-state index in [1.54, 1.807) is 31.2 Å². The van der Waals surface area contributed by atoms with Gasteiger partial charge in [0.15, 0.2) is 11.5 Å². The smallest absolute Gasteiger partial charge is 0.339 e. The number of amides is 1. The van der Waals surface area contributed by atoms with Gasteiger partial charge in [0.1, 0.15) is 22.3 Å². The topological polar surface area (TPSA) is 158 Å². The Bertz CT molecular complexity index is 1490. The lowest BCUT2D eigenvalue weighted by Crippen LogP contribution is -2.13. The first kappa shape index (κ1) is 26.7. The second-order valence-corrected chi connectivity index (χ2v) is 8.83. The molecule has 0 radical (unpaired) electrons. The molecule has 0 saturated carbocycles. The molecule has 0 bridgehead atoms. The third-order valence-electron chi connectivity index (χ3n) is 4.81. The number of rotatable bonds is 10. The van der Waals surface area contributed by atoms with Crippen LogP contribution < -0.4 is 19.0 Å². The van der Waals surface area contributed by atoms with Crippen LogP contribution in [0.1, 0.15) is 12.5 Å². The van der Waals surface area contributed by atoms with E-state index in [1.807, 2.05) is 6.07 Å². The van der Waals surface area contributed by atoms with Crippen LogP contribution >= 0.6 is 0 Å². The highest BCUT2D eigenvalue weighted by Gasteiger charge is 2.21. The molecular formula is C25H21N3O8S. The van der Waals surface area contributed by atoms with Gasteiger partial charge in [0.25, 0.3) is 11.6 Å². The lowest BCUT2D eigenvalue weighted by molar-refractivity contribution is -0.384. The summed E-state index contributed by atoms with van der Waals surface area (Å²) < 4.78 is 41.2. The summed E-state index contributed by atoms with van der Waals surface area (Å²) in [5, 5.41) is 22.9. The van der Waals surface area contributed by atoms with Crippen molar-refractivity contribution < 1.29 is 31.8 Å². The predicted molar refractivity (Wildman–Crippen MR) is 134 cm³/mol. The zero-order valence-electron chi connectivity index (χ0n) is 19.7. The summed E-state index contributed by atoms with van der Waals surface area (Å²) in [7, 11) is -2.85. The van der Waals surface area contributed by atoms with Gasteiger partial charge in [-0.25, -0.2) is 0 Å². The van der Waals surface area contributed by atoms with Gasteiger partial charge in [0.2, 0.25) is 0 Å². The van der Waals surface area contributed by atoms with E-state index in [0.29, 0.717) is 17.0 Å². The van der Waals surface area contributed by atoms with E-state index in [9.17, 15) is 28.6 Å². The normalized spacial score (nSPS) is 11.2. The number of nitriles is 1. The molecule has 3 rings (SSSR count). The third-order valence-corrected chi connectivity index (χ3v) is 6.06. The van der Waals surface area contributed by atoms with Gasteiger partial charge in [0.05, 0.1) is 18.6 Å². The van der Waals surface area contributed by atoms with Crippen LogP contribution in [-0.2, 0) is 14.9 Å². The first-order valence-corrected chi connectivity index (χ1v) is 12.1. The number of anilines is 1. The molecule has 0 spiro atoms. The maximum absolute atomic E-state index is 12.7. The summed E-state index contributed by atoms with van der Waals surface area (Å²) in [6.07, 6.45) is 1.31. The average molecular weight is 524 g/mol. The molecule has 0 aliphatic heterocycles. The molecule has 3 aromatic carbocycles. The summed E-state index contributed by atoms with van der Waals surface area (Å²) in [6, 6.07) is 16.9. The zero-order valence-corrected chi connectivity index (χ0v) is 20.5. The van der Waals surface area contributed by atoms with E-state index >= 15 is 0 Å². The Labute approximate surface area is 212 Å². The number of methoxy groups -OCH3 is 1. The van der Waals surface area contributed by atoms with Gasteiger partial charge in [-0.2, -0.15) is 13.7 Å². The molecule has 0 heterocycles. The largest absolute Gasteiger partial charge is 0.497 e. The number of carbonyl (C=O) groups excluding carboxylic acids is 1. The quantitative estimate of drug-likeness (QED) is 0.134. The van der Waals surface area contributed by atoms with E-state index in [4.69, 9.17) is 13.7 Å². The van der Waals surface area contributed by atoms with Crippen molar-refractivity contribution in [3.05, 3.63) is 88.0 Å². The highest BCUT2D eigenvalue weighted by atomic mass is 32.2. The Balaban J connectivity index is 1.86. The Morgan fingerprint density at radius 1 is 1.11 bits per heavy atom. The van der Waals surface area contributed by atoms with Gasteiger partial charge in [-0.1, -0.05) is 12.1 Å². The highest BCUT2D eigenvalue weighted by molar-refractivity contribution is 7.87. The fourth-order valence-corrected chi connectivity index (χ4v) is 4.01. The summed E-state index contributed by atoms with van der Waals surface area (Å²) in [4.78, 5) is 22.5. The Morgan fingerprint density at radius 3 is 2.46 bits per heavy atom. The van der Waals surface area contributed by atoms with Crippen LogP contribution in [0.15, 0.2) is 77.2 Å². The van der Waals surface area contributed by atoms with Crippen LogP contribution in [0.2, 0.25) is 0 Å². The number of nitro groups is 1. The fraction of sp³-hybridized carbons (Fsp3) is 0.120. The number of hydrogen-bond donors (Lipinski definition) is 1. The van der Waals surface area contributed by atoms with Crippen LogP contribution in [0.3, 0.4) is 0 Å². The van der Waals surface area contributed by atoms with Crippen molar-refractivity contribution >= 4 is 33.5 Å². The molecule has 190 valence electrons. The Morgan fingerprint density at radius 2 is 1.84 bits per heavy atom. The minimum atomic E-state index is -4.34. The van der Waals surface area contributed by atoms with E-state index in [2.05, 4.69) is 5.32 Å². The first-order valence-electron chi connectivity index (χ1n) is 10.7. The van der Waals surface area contributed by atoms with Crippen LogP contribution in [0.5, 0.6) is 17.2 Å². The van der Waals surface area contributed by atoms with Gasteiger partial charge in [-0.05, 0) is 55.0 Å². The van der Waals surface area contributed by atoms with E-state index in [0.717, 1.165) is 24.3 Å². The summed E-state index contributed by atoms with van der Waals surface area (Å²) >= 11 is 0. The summed E-state index contributed by atoms with van der Waals surface area (Å²) in [5.41, 5.74) is 0.327. The molecule has 0 saturated heterocycles. The predicted octanol–water partition coefficient (Wildman–Crippen LogP) is 4.32. The van der Waals surface area contributed by atoms with E-state index in [-0.39, 0.29) is 34.3 Å². The van der Waals surface area contributed by atoms with Gasteiger partial charge >= 0.3 is 10.1 Å². The van der Waals surface area contributed by atoms with Crippen LogP contribution in [-0.4, -0.2) is 33.0 Å². The SMILES string of the molecule is CCOc1cc(/C=C(\C#N)C(=O)Nc2cccc(OC)c2)ccc1OS(=O)(=O)c1ccc([N+](=O)[O-])cc1. The number of nitrogens with one attached hydrogen (secondary N) is 1. The molecule has 12 heteroatoms. The zero-order chi connectivity index (χ0) is 27.0. The number of carbonyl (C=O) groups is 1. The first-order chi connectivity index (χ1) is 17.7. The van der Waals surface area contributed by atoms with Crippen molar-refractivity contribution in [2.75, 3.05) is 19.0 Å². The molecule has 0 aliphatic rings. The van der Waals surface area contributed by atoms with Crippen LogP contribution in [0.25, 0.3) is 6.08 Å². The van der Waals surface area contributed by atoms with Crippen molar-refractivity contribution in [1.82, 2.24) is 0 Å². The van der Waals surface area contributed by atoms with E-state index in [1.165, 1.54) is 31.4 Å². The molecule has 0 aromatic heterocycles. The lowest BCUT2D eigenvalue weighted by Gasteiger charge is -2.13. The van der Waals surface area contributed by atoms with Crippen molar-refractivity contribution in [2.45, 2.75) is 11.8 Å². The minimum absolute atomic E-state index is 0.0484. The third kappa shape index (κ3) is 6.83. The summed E-state index contributed by atoms with van der Waals surface area (Å²) in [6.45, 7) is 1.85. The highest BCUT2D eigenvalue weighted by Crippen LogP contribution is 2.32. The maximum atomic E-state index is 12.7. The molecule has 0 atom stereocenters. The fourth-order valence-electron chi connectivity index (χ4n) is 3.07. The molecule has 1 N–H and O–H groups in total. The van der Waals surface area contributed by atoms with Gasteiger partial charge < -0.3 is 19.0 Å².